The molecule has 0 unspecified atom stereocenters. The van der Waals surface area contributed by atoms with Crippen LogP contribution in [0.4, 0.5) is 5.95 Å². The number of hydrogen-bond acceptors (Lipinski definition) is 6. The summed E-state index contributed by atoms with van der Waals surface area (Å²) in [6.45, 7) is 4.91. The highest BCUT2D eigenvalue weighted by atomic mass is 16.6. The Labute approximate surface area is 118 Å². The number of carbonyl (C=O) groups excluding carboxylic acids is 1. The molecule has 0 aliphatic carbocycles. The lowest BCUT2D eigenvalue weighted by molar-refractivity contribution is -0.0933. The average molecular weight is 280 g/mol. The Morgan fingerprint density at radius 2 is 2.20 bits per heavy atom. The van der Waals surface area contributed by atoms with E-state index in [0.717, 1.165) is 6.54 Å². The molecule has 1 aromatic heterocycles. The molecule has 0 aromatic carbocycles. The second-order valence-corrected chi connectivity index (χ2v) is 4.58. The summed E-state index contributed by atoms with van der Waals surface area (Å²) in [5, 5.41) is 2.98. The van der Waals surface area contributed by atoms with Crippen LogP contribution >= 0.6 is 0 Å². The molecule has 2 rings (SSSR count). The van der Waals surface area contributed by atoms with Gasteiger partial charge in [0.05, 0.1) is 31.5 Å². The third-order valence-corrected chi connectivity index (χ3v) is 2.94. The van der Waals surface area contributed by atoms with Gasteiger partial charge in [-0.15, -0.1) is 0 Å². The molecule has 1 N–H and O–H groups in total. The van der Waals surface area contributed by atoms with Gasteiger partial charge < -0.3 is 19.7 Å². The molecule has 1 saturated heterocycles. The third kappa shape index (κ3) is 3.88. The number of aromatic nitrogens is 2. The first-order chi connectivity index (χ1) is 9.70. The largest absolute Gasteiger partial charge is 0.376 e. The Hall–Kier alpha value is -1.73. The van der Waals surface area contributed by atoms with E-state index in [1.807, 2.05) is 6.92 Å². The number of carbonyl (C=O) groups is 1. The van der Waals surface area contributed by atoms with E-state index >= 15 is 0 Å². The maximum absolute atomic E-state index is 12.2. The van der Waals surface area contributed by atoms with Gasteiger partial charge in [0, 0.05) is 32.5 Å². The molecular formula is C13H20N4O3. The van der Waals surface area contributed by atoms with E-state index < -0.39 is 0 Å². The molecule has 110 valence electrons. The minimum absolute atomic E-state index is 0.0698. The summed E-state index contributed by atoms with van der Waals surface area (Å²) in [5.41, 5.74) is 0.464. The molecule has 1 aromatic rings. The Balaban J connectivity index is 1.91. The zero-order chi connectivity index (χ0) is 14.4. The van der Waals surface area contributed by atoms with Gasteiger partial charge in [-0.25, -0.2) is 9.97 Å². The highest BCUT2D eigenvalue weighted by Gasteiger charge is 2.20. The van der Waals surface area contributed by atoms with Crippen LogP contribution in [0.25, 0.3) is 0 Å². The summed E-state index contributed by atoms with van der Waals surface area (Å²) in [7, 11) is 1.73. The first kappa shape index (κ1) is 14.7. The fraction of sp³-hybridized carbons (Fsp3) is 0.615. The van der Waals surface area contributed by atoms with Crippen LogP contribution in [0.2, 0.25) is 0 Å². The summed E-state index contributed by atoms with van der Waals surface area (Å²) in [5.74, 6) is 0.401. The molecule has 1 aliphatic heterocycles. The molecule has 0 spiro atoms. The van der Waals surface area contributed by atoms with Crippen molar-refractivity contribution in [1.29, 1.82) is 0 Å². The van der Waals surface area contributed by atoms with Gasteiger partial charge in [0.1, 0.15) is 0 Å². The normalized spacial score (nSPS) is 18.6. The molecule has 7 heteroatoms. The van der Waals surface area contributed by atoms with Gasteiger partial charge in [-0.05, 0) is 6.92 Å². The zero-order valence-corrected chi connectivity index (χ0v) is 11.8. The highest BCUT2D eigenvalue weighted by molar-refractivity contribution is 5.93. The minimum Gasteiger partial charge on any atom is -0.376 e. The van der Waals surface area contributed by atoms with Crippen LogP contribution in [0.15, 0.2) is 12.4 Å². The van der Waals surface area contributed by atoms with Gasteiger partial charge in [-0.1, -0.05) is 0 Å². The van der Waals surface area contributed by atoms with Gasteiger partial charge in [0.2, 0.25) is 5.95 Å². The van der Waals surface area contributed by atoms with Crippen LogP contribution in [0.3, 0.4) is 0 Å². The highest BCUT2D eigenvalue weighted by Crippen LogP contribution is 2.07. The summed E-state index contributed by atoms with van der Waals surface area (Å²) < 4.78 is 10.8. The molecule has 20 heavy (non-hydrogen) atoms. The first-order valence-corrected chi connectivity index (χ1v) is 6.71. The molecule has 0 bridgehead atoms. The zero-order valence-electron chi connectivity index (χ0n) is 11.8. The van der Waals surface area contributed by atoms with E-state index in [0.29, 0.717) is 37.9 Å². The molecule has 1 aliphatic rings. The smallest absolute Gasteiger partial charge is 0.256 e. The maximum atomic E-state index is 12.2. The quantitative estimate of drug-likeness (QED) is 0.841. The fourth-order valence-corrected chi connectivity index (χ4v) is 1.94. The Bertz CT molecular complexity index is 432. The Morgan fingerprint density at radius 1 is 1.45 bits per heavy atom. The standard InChI is InChI=1S/C13H20N4O3/c1-3-14-13-15-6-10(7-16-13)12(18)17(2)8-11-9-19-4-5-20-11/h6-7,11H,3-5,8-9H2,1-2H3,(H,14,15,16)/t11-/m0/s1. The second-order valence-electron chi connectivity index (χ2n) is 4.58. The van der Waals surface area contributed by atoms with Crippen molar-refractivity contribution in [3.8, 4) is 0 Å². The molecule has 0 radical (unpaired) electrons. The van der Waals surface area contributed by atoms with Crippen LogP contribution < -0.4 is 5.32 Å². The summed E-state index contributed by atoms with van der Waals surface area (Å²) >= 11 is 0. The molecular weight excluding hydrogens is 260 g/mol. The minimum atomic E-state index is -0.123. The number of nitrogens with zero attached hydrogens (tertiary/aromatic N) is 3. The summed E-state index contributed by atoms with van der Waals surface area (Å²) in [4.78, 5) is 22.0. The number of likely N-dealkylation sites (N-methyl/N-ethyl adjacent to an activating group) is 1. The number of rotatable bonds is 5. The van der Waals surface area contributed by atoms with Crippen LogP contribution in [-0.4, -0.2) is 66.8 Å². The first-order valence-electron chi connectivity index (χ1n) is 6.71. The number of nitrogens with one attached hydrogen (secondary N) is 1. The fourth-order valence-electron chi connectivity index (χ4n) is 1.94. The van der Waals surface area contributed by atoms with Crippen molar-refractivity contribution in [3.05, 3.63) is 18.0 Å². The molecule has 1 amide bonds. The third-order valence-electron chi connectivity index (χ3n) is 2.94. The number of ether oxygens (including phenoxy) is 2. The molecule has 2 heterocycles. The SMILES string of the molecule is CCNc1ncc(C(=O)N(C)C[C@H]2COCCO2)cn1. The van der Waals surface area contributed by atoms with Crippen LogP contribution in [0.1, 0.15) is 17.3 Å². The van der Waals surface area contributed by atoms with E-state index in [-0.39, 0.29) is 12.0 Å². The average Bonchev–Trinajstić information content (AvgIpc) is 2.48. The Morgan fingerprint density at radius 3 is 2.80 bits per heavy atom. The van der Waals surface area contributed by atoms with Gasteiger partial charge in [0.25, 0.3) is 5.91 Å². The Kier molecular flexibility index (Phi) is 5.25. The van der Waals surface area contributed by atoms with Gasteiger partial charge >= 0.3 is 0 Å². The number of hydrogen-bond donors (Lipinski definition) is 1. The summed E-state index contributed by atoms with van der Waals surface area (Å²) in [6, 6.07) is 0. The topological polar surface area (TPSA) is 76.6 Å². The van der Waals surface area contributed by atoms with E-state index in [2.05, 4.69) is 15.3 Å². The van der Waals surface area contributed by atoms with Crippen LogP contribution in [0.5, 0.6) is 0 Å². The van der Waals surface area contributed by atoms with Crippen LogP contribution in [-0.2, 0) is 9.47 Å². The van der Waals surface area contributed by atoms with Gasteiger partial charge in [0.15, 0.2) is 0 Å². The predicted octanol–water partition coefficient (Wildman–Crippen LogP) is 0.396. The second kappa shape index (κ2) is 7.16. The monoisotopic (exact) mass is 280 g/mol. The molecule has 1 atom stereocenters. The van der Waals surface area contributed by atoms with E-state index in [1.165, 1.54) is 12.4 Å². The van der Waals surface area contributed by atoms with Crippen molar-refractivity contribution >= 4 is 11.9 Å². The van der Waals surface area contributed by atoms with E-state index in [1.54, 1.807) is 11.9 Å². The van der Waals surface area contributed by atoms with Crippen molar-refractivity contribution in [2.24, 2.45) is 0 Å². The lowest BCUT2D eigenvalue weighted by atomic mass is 10.2. The number of anilines is 1. The van der Waals surface area contributed by atoms with E-state index in [9.17, 15) is 4.79 Å². The molecule has 0 saturated carbocycles. The van der Waals surface area contributed by atoms with Crippen molar-refractivity contribution in [2.45, 2.75) is 13.0 Å². The molecule has 1 fully saturated rings. The van der Waals surface area contributed by atoms with Crippen molar-refractivity contribution in [3.63, 3.8) is 0 Å². The van der Waals surface area contributed by atoms with E-state index in [4.69, 9.17) is 9.47 Å². The van der Waals surface area contributed by atoms with Gasteiger partial charge in [-0.2, -0.15) is 0 Å². The predicted molar refractivity (Wildman–Crippen MR) is 73.7 cm³/mol. The lowest BCUT2D eigenvalue weighted by Gasteiger charge is -2.27. The lowest BCUT2D eigenvalue weighted by Crippen LogP contribution is -2.40. The number of amides is 1. The molecule has 7 nitrogen and oxygen atoms in total. The summed E-state index contributed by atoms with van der Waals surface area (Å²) in [6.07, 6.45) is 2.99. The van der Waals surface area contributed by atoms with Crippen molar-refractivity contribution < 1.29 is 14.3 Å². The van der Waals surface area contributed by atoms with Crippen molar-refractivity contribution in [2.75, 3.05) is 45.3 Å². The van der Waals surface area contributed by atoms with Crippen LogP contribution in [0, 0.1) is 0 Å². The maximum Gasteiger partial charge on any atom is 0.256 e. The van der Waals surface area contributed by atoms with Crippen molar-refractivity contribution in [1.82, 2.24) is 14.9 Å². The van der Waals surface area contributed by atoms with Gasteiger partial charge in [-0.3, -0.25) is 4.79 Å².